The number of ether oxygens (including phenoxy) is 1. The van der Waals surface area contributed by atoms with Gasteiger partial charge in [-0.2, -0.15) is 0 Å². The van der Waals surface area contributed by atoms with Gasteiger partial charge in [0.05, 0.1) is 12.2 Å². The van der Waals surface area contributed by atoms with Gasteiger partial charge in [0.1, 0.15) is 5.82 Å². The van der Waals surface area contributed by atoms with E-state index in [0.717, 1.165) is 51.8 Å². The molecule has 2 fully saturated rings. The normalized spacial score (nSPS) is 22.3. The smallest absolute Gasteiger partial charge is 0.252 e. The average molecular weight is 318 g/mol. The summed E-state index contributed by atoms with van der Waals surface area (Å²) in [4.78, 5) is 21.0. The Balaban J connectivity index is 1.50. The van der Waals surface area contributed by atoms with E-state index in [1.54, 1.807) is 6.20 Å². The number of nitrogens with zero attached hydrogens (tertiary/aromatic N) is 3. The molecule has 0 saturated carbocycles. The van der Waals surface area contributed by atoms with Crippen LogP contribution in [0.15, 0.2) is 18.3 Å². The Bertz CT molecular complexity index is 506. The fourth-order valence-corrected chi connectivity index (χ4v) is 3.22. The van der Waals surface area contributed by atoms with E-state index in [1.807, 2.05) is 19.1 Å². The van der Waals surface area contributed by atoms with E-state index in [9.17, 15) is 4.79 Å². The third-order valence-corrected chi connectivity index (χ3v) is 4.58. The van der Waals surface area contributed by atoms with Gasteiger partial charge >= 0.3 is 0 Å². The molecule has 1 unspecified atom stereocenters. The molecule has 1 atom stereocenters. The zero-order valence-electron chi connectivity index (χ0n) is 13.8. The van der Waals surface area contributed by atoms with Crippen LogP contribution >= 0.6 is 0 Å². The quantitative estimate of drug-likeness (QED) is 0.877. The van der Waals surface area contributed by atoms with Crippen molar-refractivity contribution in [1.82, 2.24) is 15.2 Å². The monoisotopic (exact) mass is 318 g/mol. The van der Waals surface area contributed by atoms with Gasteiger partial charge in [0.2, 0.25) is 0 Å². The van der Waals surface area contributed by atoms with Crippen LogP contribution in [0.25, 0.3) is 0 Å². The zero-order valence-corrected chi connectivity index (χ0v) is 13.8. The highest BCUT2D eigenvalue weighted by Crippen LogP contribution is 2.17. The topological polar surface area (TPSA) is 57.7 Å². The van der Waals surface area contributed by atoms with Crippen molar-refractivity contribution in [2.45, 2.75) is 13.3 Å². The molecule has 0 radical (unpaired) electrons. The lowest BCUT2D eigenvalue weighted by Crippen LogP contribution is -2.48. The Kier molecular flexibility index (Phi) is 5.46. The summed E-state index contributed by atoms with van der Waals surface area (Å²) in [6.45, 7) is 9.65. The number of hydrogen-bond acceptors (Lipinski definition) is 5. The molecular weight excluding hydrogens is 292 g/mol. The van der Waals surface area contributed by atoms with Crippen LogP contribution in [0.2, 0.25) is 0 Å². The Morgan fingerprint density at radius 3 is 2.78 bits per heavy atom. The summed E-state index contributed by atoms with van der Waals surface area (Å²) in [6, 6.07) is 3.81. The van der Waals surface area contributed by atoms with Gasteiger partial charge in [-0.05, 0) is 31.4 Å². The number of carbonyl (C=O) groups excluding carboxylic acids is 1. The van der Waals surface area contributed by atoms with E-state index in [2.05, 4.69) is 20.1 Å². The number of nitrogens with one attached hydrogen (secondary N) is 1. The molecule has 0 aliphatic carbocycles. The summed E-state index contributed by atoms with van der Waals surface area (Å²) < 4.78 is 5.46. The Labute approximate surface area is 137 Å². The third kappa shape index (κ3) is 4.20. The van der Waals surface area contributed by atoms with Crippen molar-refractivity contribution >= 4 is 11.7 Å². The van der Waals surface area contributed by atoms with Crippen LogP contribution < -0.4 is 10.2 Å². The maximum atomic E-state index is 11.8. The van der Waals surface area contributed by atoms with Gasteiger partial charge in [0.15, 0.2) is 0 Å². The van der Waals surface area contributed by atoms with Crippen molar-refractivity contribution in [1.29, 1.82) is 0 Å². The summed E-state index contributed by atoms with van der Waals surface area (Å²) in [5.74, 6) is 1.60. The number of hydrogen-bond donors (Lipinski definition) is 1. The van der Waals surface area contributed by atoms with Gasteiger partial charge in [-0.15, -0.1) is 0 Å². The second-order valence-corrected chi connectivity index (χ2v) is 6.28. The summed E-state index contributed by atoms with van der Waals surface area (Å²) in [5.41, 5.74) is 0.621. The molecule has 6 heteroatoms. The standard InChI is InChI=1S/C17H26N4O2/c1-2-18-17(22)15-3-4-16(19-11-15)21-8-6-20(7-9-21)12-14-5-10-23-13-14/h3-4,11,14H,2,5-10,12-13H2,1H3,(H,18,22). The van der Waals surface area contributed by atoms with Gasteiger partial charge in [-0.25, -0.2) is 4.98 Å². The number of carbonyl (C=O) groups is 1. The van der Waals surface area contributed by atoms with Crippen LogP contribution in [0.3, 0.4) is 0 Å². The van der Waals surface area contributed by atoms with Crippen molar-refractivity contribution < 1.29 is 9.53 Å². The van der Waals surface area contributed by atoms with E-state index in [0.29, 0.717) is 18.0 Å². The lowest BCUT2D eigenvalue weighted by atomic mass is 10.1. The van der Waals surface area contributed by atoms with Gasteiger partial charge in [-0.3, -0.25) is 9.69 Å². The van der Waals surface area contributed by atoms with Crippen molar-refractivity contribution in [2.24, 2.45) is 5.92 Å². The third-order valence-electron chi connectivity index (χ3n) is 4.58. The first-order chi connectivity index (χ1) is 11.3. The maximum absolute atomic E-state index is 11.8. The largest absolute Gasteiger partial charge is 0.381 e. The van der Waals surface area contributed by atoms with Gasteiger partial charge in [0.25, 0.3) is 5.91 Å². The molecule has 2 aliphatic rings. The molecule has 2 saturated heterocycles. The molecular formula is C17H26N4O2. The lowest BCUT2D eigenvalue weighted by Gasteiger charge is -2.36. The fraction of sp³-hybridized carbons (Fsp3) is 0.647. The van der Waals surface area contributed by atoms with Crippen LogP contribution in [0.5, 0.6) is 0 Å². The molecule has 1 aromatic rings. The van der Waals surface area contributed by atoms with E-state index >= 15 is 0 Å². The highest BCUT2D eigenvalue weighted by molar-refractivity contribution is 5.93. The lowest BCUT2D eigenvalue weighted by molar-refractivity contribution is 0.0955. The molecule has 1 N–H and O–H groups in total. The SMILES string of the molecule is CCNC(=O)c1ccc(N2CCN(CC3CCOC3)CC2)nc1. The summed E-state index contributed by atoms with van der Waals surface area (Å²) in [6.07, 6.45) is 2.87. The molecule has 1 amide bonds. The number of aromatic nitrogens is 1. The van der Waals surface area contributed by atoms with E-state index in [4.69, 9.17) is 4.74 Å². The summed E-state index contributed by atoms with van der Waals surface area (Å²) in [5, 5.41) is 2.79. The molecule has 3 heterocycles. The number of pyridine rings is 1. The van der Waals surface area contributed by atoms with Gasteiger partial charge in [-0.1, -0.05) is 0 Å². The Morgan fingerprint density at radius 1 is 1.35 bits per heavy atom. The Hall–Kier alpha value is -1.66. The zero-order chi connectivity index (χ0) is 16.1. The second kappa shape index (κ2) is 7.75. The predicted octanol–water partition coefficient (Wildman–Crippen LogP) is 0.990. The molecule has 6 nitrogen and oxygen atoms in total. The van der Waals surface area contributed by atoms with Crippen LogP contribution in [0.1, 0.15) is 23.7 Å². The van der Waals surface area contributed by atoms with Gasteiger partial charge < -0.3 is 15.0 Å². The van der Waals surface area contributed by atoms with Crippen LogP contribution in [0.4, 0.5) is 5.82 Å². The van der Waals surface area contributed by atoms with E-state index in [1.165, 1.54) is 6.42 Å². The van der Waals surface area contributed by atoms with Gasteiger partial charge in [0, 0.05) is 52.1 Å². The fourth-order valence-electron chi connectivity index (χ4n) is 3.22. The highest BCUT2D eigenvalue weighted by Gasteiger charge is 2.23. The van der Waals surface area contributed by atoms with Crippen molar-refractivity contribution in [3.63, 3.8) is 0 Å². The average Bonchev–Trinajstić information content (AvgIpc) is 3.09. The van der Waals surface area contributed by atoms with Crippen LogP contribution in [-0.2, 0) is 4.74 Å². The van der Waals surface area contributed by atoms with Crippen LogP contribution in [0, 0.1) is 5.92 Å². The molecule has 126 valence electrons. The molecule has 0 aromatic carbocycles. The first-order valence-electron chi connectivity index (χ1n) is 8.55. The number of piperazine rings is 1. The van der Waals surface area contributed by atoms with E-state index in [-0.39, 0.29) is 5.91 Å². The first-order valence-corrected chi connectivity index (χ1v) is 8.55. The minimum absolute atomic E-state index is 0.0600. The summed E-state index contributed by atoms with van der Waals surface area (Å²) in [7, 11) is 0. The first kappa shape index (κ1) is 16.2. The van der Waals surface area contributed by atoms with E-state index < -0.39 is 0 Å². The maximum Gasteiger partial charge on any atom is 0.252 e. The molecule has 23 heavy (non-hydrogen) atoms. The minimum atomic E-state index is -0.0600. The summed E-state index contributed by atoms with van der Waals surface area (Å²) >= 11 is 0. The molecule has 1 aromatic heterocycles. The number of amides is 1. The van der Waals surface area contributed by atoms with Crippen molar-refractivity contribution in [3.8, 4) is 0 Å². The molecule has 3 rings (SSSR count). The molecule has 2 aliphatic heterocycles. The highest BCUT2D eigenvalue weighted by atomic mass is 16.5. The number of rotatable bonds is 5. The van der Waals surface area contributed by atoms with Crippen LogP contribution in [-0.4, -0.2) is 68.3 Å². The van der Waals surface area contributed by atoms with Crippen molar-refractivity contribution in [3.05, 3.63) is 23.9 Å². The molecule has 0 bridgehead atoms. The minimum Gasteiger partial charge on any atom is -0.381 e. The predicted molar refractivity (Wildman–Crippen MR) is 89.8 cm³/mol. The Morgan fingerprint density at radius 2 is 2.17 bits per heavy atom. The molecule has 0 spiro atoms. The number of anilines is 1. The second-order valence-electron chi connectivity index (χ2n) is 6.28. The van der Waals surface area contributed by atoms with Crippen molar-refractivity contribution in [2.75, 3.05) is 57.4 Å².